The topological polar surface area (TPSA) is 117 Å². The summed E-state index contributed by atoms with van der Waals surface area (Å²) in [5, 5.41) is 14.2. The van der Waals surface area contributed by atoms with E-state index in [1.54, 1.807) is 0 Å². The van der Waals surface area contributed by atoms with Gasteiger partial charge in [-0.25, -0.2) is 9.97 Å². The lowest BCUT2D eigenvalue weighted by Gasteiger charge is -2.40. The number of nitrogen functional groups attached to an aromatic ring is 1. The molecule has 206 valence electrons. The molecule has 3 aromatic rings. The second-order valence-corrected chi connectivity index (χ2v) is 10.3. The van der Waals surface area contributed by atoms with Crippen LogP contribution in [0, 0.1) is 0 Å². The second-order valence-electron chi connectivity index (χ2n) is 10.3. The lowest BCUT2D eigenvalue weighted by molar-refractivity contribution is -0.138. The van der Waals surface area contributed by atoms with Crippen molar-refractivity contribution in [1.82, 2.24) is 19.8 Å². The predicted octanol–water partition coefficient (Wildman–Crippen LogP) is 4.16. The molecule has 0 bridgehead atoms. The van der Waals surface area contributed by atoms with Crippen LogP contribution in [-0.2, 0) is 4.79 Å². The number of nitrogens with two attached hydrogens (primary N) is 1. The number of aliphatic hydroxyl groups excluding tert-OH is 1. The molecular formula is C30H38N6O3. The van der Waals surface area contributed by atoms with Crippen LogP contribution in [-0.4, -0.2) is 75.7 Å². The van der Waals surface area contributed by atoms with Gasteiger partial charge in [0.15, 0.2) is 0 Å². The van der Waals surface area contributed by atoms with Crippen LogP contribution in [0.4, 0.5) is 11.6 Å². The van der Waals surface area contributed by atoms with Crippen molar-refractivity contribution < 1.29 is 14.6 Å². The van der Waals surface area contributed by atoms with Crippen LogP contribution in [0.25, 0.3) is 11.1 Å². The maximum Gasteiger partial charge on any atom is 0.224 e. The fourth-order valence-electron chi connectivity index (χ4n) is 5.51. The summed E-state index contributed by atoms with van der Waals surface area (Å²) < 4.78 is 5.91. The number of ether oxygens (including phenoxy) is 1. The summed E-state index contributed by atoms with van der Waals surface area (Å²) in [6.45, 7) is 3.94. The lowest BCUT2D eigenvalue weighted by Crippen LogP contribution is -2.54. The highest BCUT2D eigenvalue weighted by molar-refractivity contribution is 5.83. The average Bonchev–Trinajstić information content (AvgIpc) is 2.97. The van der Waals surface area contributed by atoms with Crippen LogP contribution in [0.3, 0.4) is 0 Å². The fourth-order valence-corrected chi connectivity index (χ4v) is 5.51. The summed E-state index contributed by atoms with van der Waals surface area (Å²) in [6.07, 6.45) is 6.46. The van der Waals surface area contributed by atoms with Crippen LogP contribution >= 0.6 is 0 Å². The maximum atomic E-state index is 13.2. The molecule has 9 nitrogen and oxygen atoms in total. The zero-order valence-corrected chi connectivity index (χ0v) is 22.3. The summed E-state index contributed by atoms with van der Waals surface area (Å²) in [7, 11) is 0. The number of carbonyl (C=O) groups excluding carboxylic acids is 1. The van der Waals surface area contributed by atoms with Crippen molar-refractivity contribution in [3.63, 3.8) is 0 Å². The standard InChI is InChI=1S/C30H38N6O3/c31-29-28(22-11-13-24(14-12-22)39-23-8-3-1-4-9-23)30(34-21-33-29)32-20-25-26(37)10-7-18-36(25)27(38)15-19-35-16-5-2-6-17-35/h1,3-4,8-9,11-14,21,25-26,37H,2,5-7,10,15-20H2,(H3,31,32,33,34)/t25?,26-/m0/s1. The van der Waals surface area contributed by atoms with Gasteiger partial charge in [-0.3, -0.25) is 4.79 Å². The first-order chi connectivity index (χ1) is 19.1. The summed E-state index contributed by atoms with van der Waals surface area (Å²) in [5.74, 6) is 2.48. The van der Waals surface area contributed by atoms with Gasteiger partial charge in [-0.05, 0) is 68.6 Å². The van der Waals surface area contributed by atoms with Crippen LogP contribution in [0.1, 0.15) is 38.5 Å². The molecule has 9 heteroatoms. The number of rotatable bonds is 9. The number of hydrogen-bond donors (Lipinski definition) is 3. The van der Waals surface area contributed by atoms with Crippen LogP contribution in [0.15, 0.2) is 60.9 Å². The van der Waals surface area contributed by atoms with Crippen LogP contribution < -0.4 is 15.8 Å². The first-order valence-electron chi connectivity index (χ1n) is 14.0. The van der Waals surface area contributed by atoms with E-state index in [0.29, 0.717) is 48.9 Å². The Kier molecular flexibility index (Phi) is 8.90. The molecule has 2 fully saturated rings. The number of carbonyl (C=O) groups is 1. The average molecular weight is 531 g/mol. The predicted molar refractivity (Wildman–Crippen MR) is 153 cm³/mol. The van der Waals surface area contributed by atoms with Gasteiger partial charge < -0.3 is 30.7 Å². The minimum Gasteiger partial charge on any atom is -0.457 e. The van der Waals surface area contributed by atoms with Gasteiger partial charge in [0.05, 0.1) is 17.7 Å². The van der Waals surface area contributed by atoms with Crippen molar-refractivity contribution in [2.75, 3.05) is 43.8 Å². The largest absolute Gasteiger partial charge is 0.457 e. The molecule has 1 amide bonds. The van der Waals surface area contributed by atoms with E-state index >= 15 is 0 Å². The van der Waals surface area contributed by atoms with Gasteiger partial charge in [0.1, 0.15) is 29.5 Å². The van der Waals surface area contributed by atoms with E-state index in [-0.39, 0.29) is 11.9 Å². The summed E-state index contributed by atoms with van der Waals surface area (Å²) >= 11 is 0. The zero-order chi connectivity index (χ0) is 27.0. The van der Waals surface area contributed by atoms with E-state index < -0.39 is 6.10 Å². The van der Waals surface area contributed by atoms with Gasteiger partial charge in [0.25, 0.3) is 0 Å². The molecule has 5 rings (SSSR count). The summed E-state index contributed by atoms with van der Waals surface area (Å²) in [4.78, 5) is 26.1. The van der Waals surface area contributed by atoms with E-state index in [4.69, 9.17) is 10.5 Å². The molecule has 2 atom stereocenters. The van der Waals surface area contributed by atoms with Gasteiger partial charge >= 0.3 is 0 Å². The number of benzene rings is 2. The van der Waals surface area contributed by atoms with E-state index in [1.165, 1.54) is 25.6 Å². The number of nitrogens with one attached hydrogen (secondary N) is 1. The Morgan fingerprint density at radius 1 is 0.974 bits per heavy atom. The van der Waals surface area contributed by atoms with Crippen molar-refractivity contribution in [3.8, 4) is 22.6 Å². The first kappa shape index (κ1) is 26.9. The molecular weight excluding hydrogens is 492 g/mol. The second kappa shape index (κ2) is 12.9. The lowest BCUT2D eigenvalue weighted by atomic mass is 9.97. The molecule has 2 saturated heterocycles. The van der Waals surface area contributed by atoms with Crippen molar-refractivity contribution in [2.45, 2.75) is 50.7 Å². The van der Waals surface area contributed by atoms with Gasteiger partial charge in [-0.15, -0.1) is 0 Å². The molecule has 2 aliphatic rings. The zero-order valence-electron chi connectivity index (χ0n) is 22.3. The number of piperidine rings is 2. The Balaban J connectivity index is 1.26. The van der Waals surface area contributed by atoms with Crippen molar-refractivity contribution >= 4 is 17.5 Å². The third kappa shape index (κ3) is 6.85. The normalized spacial score (nSPS) is 20.0. The Hall–Kier alpha value is -3.69. The minimum absolute atomic E-state index is 0.0996. The molecule has 1 aromatic heterocycles. The third-order valence-corrected chi connectivity index (χ3v) is 7.63. The molecule has 2 aliphatic heterocycles. The summed E-state index contributed by atoms with van der Waals surface area (Å²) in [5.41, 5.74) is 7.82. The first-order valence-corrected chi connectivity index (χ1v) is 14.0. The number of anilines is 2. The molecule has 39 heavy (non-hydrogen) atoms. The smallest absolute Gasteiger partial charge is 0.224 e. The molecule has 4 N–H and O–H groups in total. The number of hydrogen-bond acceptors (Lipinski definition) is 8. The molecule has 3 heterocycles. The highest BCUT2D eigenvalue weighted by atomic mass is 16.5. The number of amides is 1. The molecule has 1 unspecified atom stereocenters. The van der Waals surface area contributed by atoms with E-state index in [0.717, 1.165) is 37.4 Å². The van der Waals surface area contributed by atoms with Gasteiger partial charge in [-0.1, -0.05) is 36.8 Å². The highest BCUT2D eigenvalue weighted by Crippen LogP contribution is 2.33. The monoisotopic (exact) mass is 530 g/mol. The molecule has 0 aliphatic carbocycles. The van der Waals surface area contributed by atoms with E-state index in [9.17, 15) is 9.90 Å². The van der Waals surface area contributed by atoms with Crippen molar-refractivity contribution in [2.24, 2.45) is 0 Å². The number of aromatic nitrogens is 2. The molecule has 0 spiro atoms. The number of nitrogens with zero attached hydrogens (tertiary/aromatic N) is 4. The van der Waals surface area contributed by atoms with E-state index in [1.807, 2.05) is 59.5 Å². The number of aliphatic hydroxyl groups is 1. The third-order valence-electron chi connectivity index (χ3n) is 7.63. The van der Waals surface area contributed by atoms with Crippen molar-refractivity contribution in [1.29, 1.82) is 0 Å². The number of para-hydroxylation sites is 1. The fraction of sp³-hybridized carbons (Fsp3) is 0.433. The Morgan fingerprint density at radius 2 is 1.72 bits per heavy atom. The van der Waals surface area contributed by atoms with Crippen LogP contribution in [0.5, 0.6) is 11.5 Å². The minimum atomic E-state index is -0.595. The maximum absolute atomic E-state index is 13.2. The van der Waals surface area contributed by atoms with Gasteiger partial charge in [-0.2, -0.15) is 0 Å². The quantitative estimate of drug-likeness (QED) is 0.378. The Morgan fingerprint density at radius 3 is 2.49 bits per heavy atom. The molecule has 0 saturated carbocycles. The molecule has 2 aromatic carbocycles. The van der Waals surface area contributed by atoms with Crippen LogP contribution in [0.2, 0.25) is 0 Å². The van der Waals surface area contributed by atoms with E-state index in [2.05, 4.69) is 20.2 Å². The van der Waals surface area contributed by atoms with Gasteiger partial charge in [0.2, 0.25) is 5.91 Å². The Bertz CT molecular complexity index is 1220. The SMILES string of the molecule is Nc1ncnc(NCC2[C@@H](O)CCCN2C(=O)CCN2CCCCC2)c1-c1ccc(Oc2ccccc2)cc1. The highest BCUT2D eigenvalue weighted by Gasteiger charge is 2.33. The molecule has 0 radical (unpaired) electrons. The Labute approximate surface area is 230 Å². The number of likely N-dealkylation sites (tertiary alicyclic amines) is 2. The van der Waals surface area contributed by atoms with Gasteiger partial charge in [0, 0.05) is 26.1 Å². The van der Waals surface area contributed by atoms with Crippen molar-refractivity contribution in [3.05, 3.63) is 60.9 Å². The summed E-state index contributed by atoms with van der Waals surface area (Å²) in [6, 6.07) is 16.9.